The molecule has 0 bridgehead atoms. The highest BCUT2D eigenvalue weighted by Crippen LogP contribution is 2.27. The largest absolute Gasteiger partial charge is 0.489 e. The maximum absolute atomic E-state index is 12.3. The molecule has 1 aliphatic rings. The maximum Gasteiger partial charge on any atom is 0.410 e. The predicted octanol–water partition coefficient (Wildman–Crippen LogP) is 5.51. The van der Waals surface area contributed by atoms with Gasteiger partial charge in [0.2, 0.25) is 0 Å². The lowest BCUT2D eigenvalue weighted by atomic mass is 9.91. The predicted molar refractivity (Wildman–Crippen MR) is 136 cm³/mol. The van der Waals surface area contributed by atoms with Gasteiger partial charge in [-0.25, -0.2) is 4.79 Å². The summed E-state index contributed by atoms with van der Waals surface area (Å²) in [5.41, 5.74) is 1.60. The van der Waals surface area contributed by atoms with Crippen LogP contribution >= 0.6 is 0 Å². The minimum Gasteiger partial charge on any atom is -0.489 e. The molecule has 186 valence electrons. The van der Waals surface area contributed by atoms with Crippen molar-refractivity contribution in [2.75, 3.05) is 13.1 Å². The van der Waals surface area contributed by atoms with Gasteiger partial charge in [-0.1, -0.05) is 36.4 Å². The van der Waals surface area contributed by atoms with Gasteiger partial charge in [0.15, 0.2) is 0 Å². The van der Waals surface area contributed by atoms with Crippen LogP contribution in [0.25, 0.3) is 10.8 Å². The Bertz CT molecular complexity index is 1300. The molecule has 2 atom stereocenters. The van der Waals surface area contributed by atoms with Crippen molar-refractivity contribution in [3.63, 3.8) is 0 Å². The second-order valence-corrected chi connectivity index (χ2v) is 10.1. The molecular formula is C29H30N2O5. The van der Waals surface area contributed by atoms with E-state index >= 15 is 0 Å². The molecule has 3 aromatic carbocycles. The van der Waals surface area contributed by atoms with Gasteiger partial charge in [0.1, 0.15) is 17.5 Å². The molecule has 0 aliphatic carbocycles. The quantitative estimate of drug-likeness (QED) is 0.493. The summed E-state index contributed by atoms with van der Waals surface area (Å²) in [7, 11) is 0. The van der Waals surface area contributed by atoms with Gasteiger partial charge < -0.3 is 19.5 Å². The second-order valence-electron chi connectivity index (χ2n) is 10.1. The highest BCUT2D eigenvalue weighted by Gasteiger charge is 2.31. The van der Waals surface area contributed by atoms with E-state index in [4.69, 9.17) is 14.7 Å². The molecule has 2 unspecified atom stereocenters. The van der Waals surface area contributed by atoms with Gasteiger partial charge in [-0.05, 0) is 73.4 Å². The van der Waals surface area contributed by atoms with E-state index in [9.17, 15) is 14.7 Å². The van der Waals surface area contributed by atoms with Crippen molar-refractivity contribution in [1.82, 2.24) is 4.90 Å². The van der Waals surface area contributed by atoms with Gasteiger partial charge in [-0.2, -0.15) is 5.26 Å². The number of ether oxygens (including phenoxy) is 2. The Morgan fingerprint density at radius 3 is 2.47 bits per heavy atom. The summed E-state index contributed by atoms with van der Waals surface area (Å²) >= 11 is 0. The van der Waals surface area contributed by atoms with Crippen LogP contribution in [-0.4, -0.2) is 46.9 Å². The third-order valence-corrected chi connectivity index (χ3v) is 6.15. The molecule has 1 saturated heterocycles. The number of hydrogen-bond acceptors (Lipinski definition) is 5. The van der Waals surface area contributed by atoms with Crippen molar-refractivity contribution < 1.29 is 24.2 Å². The zero-order chi connectivity index (χ0) is 25.9. The number of fused-ring (bicyclic) bond motifs is 1. The number of nitrogens with zero attached hydrogens (tertiary/aromatic N) is 2. The molecule has 1 fully saturated rings. The highest BCUT2D eigenvalue weighted by molar-refractivity contribution is 5.85. The Hall–Kier alpha value is -4.05. The molecule has 7 heteroatoms. The first-order chi connectivity index (χ1) is 17.1. The topological polar surface area (TPSA) is 99.9 Å². The number of carbonyl (C=O) groups is 2. The lowest BCUT2D eigenvalue weighted by Crippen LogP contribution is -2.36. The monoisotopic (exact) mass is 486 g/mol. The average Bonchev–Trinajstić information content (AvgIpc) is 3.30. The number of amides is 1. The van der Waals surface area contributed by atoms with Gasteiger partial charge in [-0.15, -0.1) is 0 Å². The van der Waals surface area contributed by atoms with Crippen LogP contribution in [0.3, 0.4) is 0 Å². The zero-order valence-corrected chi connectivity index (χ0v) is 20.7. The smallest absolute Gasteiger partial charge is 0.410 e. The number of hydrogen-bond donors (Lipinski definition) is 1. The first kappa shape index (κ1) is 25.1. The molecule has 0 aromatic heterocycles. The number of nitriles is 1. The SMILES string of the molecule is CC(C)(C)OC(=O)N1CCC(Oc2ccc(C(Cc3ccc4ccc(C#N)cc4c3)C(=O)O)cc2)C1. The minimum atomic E-state index is -0.904. The van der Waals surface area contributed by atoms with E-state index < -0.39 is 17.5 Å². The Morgan fingerprint density at radius 1 is 1.08 bits per heavy atom. The minimum absolute atomic E-state index is 0.144. The first-order valence-electron chi connectivity index (χ1n) is 12.0. The normalized spacial score (nSPS) is 16.4. The van der Waals surface area contributed by atoms with Gasteiger partial charge in [0, 0.05) is 13.0 Å². The van der Waals surface area contributed by atoms with Crippen LogP contribution in [0.2, 0.25) is 0 Å². The molecule has 0 radical (unpaired) electrons. The Kier molecular flexibility index (Phi) is 7.16. The van der Waals surface area contributed by atoms with Crippen molar-refractivity contribution in [2.24, 2.45) is 0 Å². The lowest BCUT2D eigenvalue weighted by Gasteiger charge is -2.24. The van der Waals surface area contributed by atoms with E-state index in [0.717, 1.165) is 16.3 Å². The van der Waals surface area contributed by atoms with Gasteiger partial charge in [-0.3, -0.25) is 4.79 Å². The first-order valence-corrected chi connectivity index (χ1v) is 12.0. The number of likely N-dealkylation sites (tertiary alicyclic amines) is 1. The molecular weight excluding hydrogens is 456 g/mol. The summed E-state index contributed by atoms with van der Waals surface area (Å²) in [6, 6.07) is 20.6. The highest BCUT2D eigenvalue weighted by atomic mass is 16.6. The van der Waals surface area contributed by atoms with Gasteiger partial charge >= 0.3 is 12.1 Å². The molecule has 0 saturated carbocycles. The summed E-state index contributed by atoms with van der Waals surface area (Å²) in [4.78, 5) is 26.0. The Balaban J connectivity index is 1.41. The fourth-order valence-electron chi connectivity index (χ4n) is 4.36. The summed E-state index contributed by atoms with van der Waals surface area (Å²) in [5, 5.41) is 21.0. The molecule has 1 N–H and O–H groups in total. The fraction of sp³-hybridized carbons (Fsp3) is 0.345. The molecule has 1 heterocycles. The summed E-state index contributed by atoms with van der Waals surface area (Å²) in [6.45, 7) is 6.53. The number of carboxylic acids is 1. The Labute approximate surface area is 210 Å². The molecule has 3 aromatic rings. The van der Waals surface area contributed by atoms with E-state index in [2.05, 4.69) is 6.07 Å². The summed E-state index contributed by atoms with van der Waals surface area (Å²) in [6.07, 6.45) is 0.546. The van der Waals surface area contributed by atoms with Crippen LogP contribution in [0.4, 0.5) is 4.79 Å². The van der Waals surface area contributed by atoms with E-state index in [-0.39, 0.29) is 12.2 Å². The van der Waals surface area contributed by atoms with Crippen molar-refractivity contribution in [3.05, 3.63) is 77.4 Å². The number of benzene rings is 3. The molecule has 1 amide bonds. The molecule has 1 aliphatic heterocycles. The van der Waals surface area contributed by atoms with Crippen LogP contribution in [0, 0.1) is 11.3 Å². The number of rotatable bonds is 6. The van der Waals surface area contributed by atoms with Crippen molar-refractivity contribution in [2.45, 2.75) is 51.2 Å². The van der Waals surface area contributed by atoms with Crippen LogP contribution in [-0.2, 0) is 16.0 Å². The van der Waals surface area contributed by atoms with Crippen LogP contribution in [0.1, 0.15) is 49.8 Å². The van der Waals surface area contributed by atoms with Gasteiger partial charge in [0.05, 0.1) is 24.1 Å². The second kappa shape index (κ2) is 10.3. The maximum atomic E-state index is 12.3. The zero-order valence-electron chi connectivity index (χ0n) is 20.7. The lowest BCUT2D eigenvalue weighted by molar-refractivity contribution is -0.138. The van der Waals surface area contributed by atoms with Crippen LogP contribution in [0.15, 0.2) is 60.7 Å². The molecule has 36 heavy (non-hydrogen) atoms. The van der Waals surface area contributed by atoms with Crippen molar-refractivity contribution in [1.29, 1.82) is 5.26 Å². The molecule has 0 spiro atoms. The molecule has 7 nitrogen and oxygen atoms in total. The van der Waals surface area contributed by atoms with E-state index in [1.807, 2.05) is 51.1 Å². The number of carbonyl (C=O) groups excluding carboxylic acids is 1. The van der Waals surface area contributed by atoms with Crippen LogP contribution < -0.4 is 4.74 Å². The molecule has 4 rings (SSSR count). The van der Waals surface area contributed by atoms with Crippen LogP contribution in [0.5, 0.6) is 5.75 Å². The van der Waals surface area contributed by atoms with Crippen molar-refractivity contribution in [3.8, 4) is 11.8 Å². The van der Waals surface area contributed by atoms with E-state index in [0.29, 0.717) is 42.8 Å². The standard InChI is InChI=1S/C29H30N2O5/c1-29(2,3)36-28(34)31-13-12-25(18-31)35-24-10-8-22(9-11-24)26(27(32)33)16-19-4-6-21-7-5-20(17-30)15-23(21)14-19/h4-11,14-15,25-26H,12-13,16,18H2,1-3H3,(H,32,33). The van der Waals surface area contributed by atoms with Gasteiger partial charge in [0.25, 0.3) is 0 Å². The third-order valence-electron chi connectivity index (χ3n) is 6.15. The number of carboxylic acid groups (broad SMARTS) is 1. The van der Waals surface area contributed by atoms with E-state index in [1.54, 1.807) is 35.2 Å². The number of aliphatic carboxylic acids is 1. The Morgan fingerprint density at radius 2 is 1.81 bits per heavy atom. The van der Waals surface area contributed by atoms with E-state index in [1.165, 1.54) is 0 Å². The summed E-state index contributed by atoms with van der Waals surface area (Å²) < 4.78 is 11.5. The third kappa shape index (κ3) is 6.14. The van der Waals surface area contributed by atoms with Crippen molar-refractivity contribution >= 4 is 22.8 Å². The average molecular weight is 487 g/mol. The fourth-order valence-corrected chi connectivity index (χ4v) is 4.36. The summed E-state index contributed by atoms with van der Waals surface area (Å²) in [5.74, 6) is -0.989.